The summed E-state index contributed by atoms with van der Waals surface area (Å²) >= 11 is 0. The van der Waals surface area contributed by atoms with E-state index in [4.69, 9.17) is 5.11 Å². The number of aliphatic carboxylic acids is 1. The first-order valence-electron chi connectivity index (χ1n) is 6.66. The Balaban J connectivity index is 2.47. The molecule has 1 aliphatic rings. The zero-order valence-corrected chi connectivity index (χ0v) is 11.6. The standard InChI is InChI=1S/C14H20N2O4/c1-2-3-8-15-13(20)16-11(17)9-14(10-12(18)19)6-4-5-7-14/h4-10H2,1H3,(H,18,19)(H2,15,16,17,20). The second-order valence-electron chi connectivity index (χ2n) is 5.11. The molecule has 1 aliphatic carbocycles. The summed E-state index contributed by atoms with van der Waals surface area (Å²) in [6.07, 6.45) is 3.35. The first kappa shape index (κ1) is 16.0. The molecule has 1 saturated carbocycles. The summed E-state index contributed by atoms with van der Waals surface area (Å²) in [4.78, 5) is 34.1. The van der Waals surface area contributed by atoms with Crippen molar-refractivity contribution in [3.63, 3.8) is 0 Å². The number of carbonyl (C=O) groups is 3. The second kappa shape index (κ2) is 7.53. The molecule has 1 rings (SSSR count). The zero-order chi connectivity index (χ0) is 15.0. The lowest BCUT2D eigenvalue weighted by molar-refractivity contribution is -0.140. The van der Waals surface area contributed by atoms with Crippen molar-refractivity contribution in [2.24, 2.45) is 5.41 Å². The Morgan fingerprint density at radius 3 is 2.40 bits per heavy atom. The number of urea groups is 1. The molecule has 3 N–H and O–H groups in total. The Bertz CT molecular complexity index is 442. The molecule has 1 fully saturated rings. The lowest BCUT2D eigenvalue weighted by Crippen LogP contribution is -2.41. The van der Waals surface area contributed by atoms with Gasteiger partial charge in [-0.3, -0.25) is 14.9 Å². The van der Waals surface area contributed by atoms with E-state index < -0.39 is 23.3 Å². The predicted molar refractivity (Wildman–Crippen MR) is 72.8 cm³/mol. The van der Waals surface area contributed by atoms with Crippen molar-refractivity contribution in [3.8, 4) is 11.8 Å². The molecule has 6 nitrogen and oxygen atoms in total. The minimum absolute atomic E-state index is 0.0245. The Morgan fingerprint density at radius 1 is 1.20 bits per heavy atom. The maximum atomic E-state index is 11.8. The molecule has 0 atom stereocenters. The van der Waals surface area contributed by atoms with Crippen LogP contribution in [0.3, 0.4) is 0 Å². The maximum Gasteiger partial charge on any atom is 0.322 e. The van der Waals surface area contributed by atoms with Gasteiger partial charge in [0.1, 0.15) is 0 Å². The Kier molecular flexibility index (Phi) is 6.04. The highest BCUT2D eigenvalue weighted by Crippen LogP contribution is 2.43. The molecular weight excluding hydrogens is 260 g/mol. The van der Waals surface area contributed by atoms with Crippen molar-refractivity contribution < 1.29 is 19.5 Å². The summed E-state index contributed by atoms with van der Waals surface area (Å²) in [6.45, 7) is 1.83. The van der Waals surface area contributed by atoms with Crippen LogP contribution < -0.4 is 10.6 Å². The van der Waals surface area contributed by atoms with E-state index in [2.05, 4.69) is 22.5 Å². The van der Waals surface area contributed by atoms with Gasteiger partial charge in [-0.15, -0.1) is 5.92 Å². The van der Waals surface area contributed by atoms with Crippen LogP contribution in [0.4, 0.5) is 4.79 Å². The van der Waals surface area contributed by atoms with Gasteiger partial charge in [-0.1, -0.05) is 18.8 Å². The number of hydrogen-bond acceptors (Lipinski definition) is 3. The van der Waals surface area contributed by atoms with Crippen molar-refractivity contribution in [2.75, 3.05) is 6.54 Å². The summed E-state index contributed by atoms with van der Waals surface area (Å²) in [7, 11) is 0. The summed E-state index contributed by atoms with van der Waals surface area (Å²) < 4.78 is 0. The van der Waals surface area contributed by atoms with Crippen molar-refractivity contribution in [3.05, 3.63) is 0 Å². The van der Waals surface area contributed by atoms with Crippen LogP contribution in [0, 0.1) is 17.3 Å². The van der Waals surface area contributed by atoms with Crippen LogP contribution in [-0.2, 0) is 9.59 Å². The van der Waals surface area contributed by atoms with E-state index in [1.165, 1.54) is 0 Å². The number of imide groups is 1. The highest BCUT2D eigenvalue weighted by molar-refractivity contribution is 5.94. The molecule has 0 bridgehead atoms. The molecular formula is C14H20N2O4. The van der Waals surface area contributed by atoms with Crippen LogP contribution in [0.1, 0.15) is 45.4 Å². The fourth-order valence-corrected chi connectivity index (χ4v) is 2.63. The number of amides is 3. The minimum atomic E-state index is -0.901. The van der Waals surface area contributed by atoms with Crippen molar-refractivity contribution in [1.29, 1.82) is 0 Å². The molecule has 0 aromatic rings. The monoisotopic (exact) mass is 280 g/mol. The average molecular weight is 280 g/mol. The van der Waals surface area contributed by atoms with Gasteiger partial charge in [0.15, 0.2) is 0 Å². The number of carbonyl (C=O) groups excluding carboxylic acids is 2. The first-order valence-corrected chi connectivity index (χ1v) is 6.66. The lowest BCUT2D eigenvalue weighted by Gasteiger charge is -2.26. The Hall–Kier alpha value is -2.03. The third-order valence-electron chi connectivity index (χ3n) is 3.49. The number of nitrogens with one attached hydrogen (secondary N) is 2. The third-order valence-corrected chi connectivity index (χ3v) is 3.49. The van der Waals surface area contributed by atoms with Crippen LogP contribution in [-0.4, -0.2) is 29.6 Å². The molecule has 0 saturated heterocycles. The van der Waals surface area contributed by atoms with Gasteiger partial charge in [-0.25, -0.2) is 4.79 Å². The highest BCUT2D eigenvalue weighted by Gasteiger charge is 2.38. The molecule has 0 aromatic carbocycles. The fourth-order valence-electron chi connectivity index (χ4n) is 2.63. The second-order valence-corrected chi connectivity index (χ2v) is 5.11. The van der Waals surface area contributed by atoms with Gasteiger partial charge in [0.25, 0.3) is 0 Å². The molecule has 0 spiro atoms. The van der Waals surface area contributed by atoms with E-state index in [-0.39, 0.29) is 19.4 Å². The van der Waals surface area contributed by atoms with Gasteiger partial charge in [0.2, 0.25) is 5.91 Å². The summed E-state index contributed by atoms with van der Waals surface area (Å²) in [5.41, 5.74) is -0.501. The lowest BCUT2D eigenvalue weighted by atomic mass is 9.79. The first-order chi connectivity index (χ1) is 9.47. The van der Waals surface area contributed by atoms with E-state index >= 15 is 0 Å². The highest BCUT2D eigenvalue weighted by atomic mass is 16.4. The molecule has 0 radical (unpaired) electrons. The van der Waals surface area contributed by atoms with E-state index in [0.717, 1.165) is 25.7 Å². The molecule has 110 valence electrons. The zero-order valence-electron chi connectivity index (χ0n) is 11.6. The minimum Gasteiger partial charge on any atom is -0.481 e. The van der Waals surface area contributed by atoms with Crippen LogP contribution in [0.15, 0.2) is 0 Å². The van der Waals surface area contributed by atoms with Gasteiger partial charge >= 0.3 is 12.0 Å². The third kappa shape index (κ3) is 5.31. The molecule has 0 heterocycles. The summed E-state index contributed by atoms with van der Waals surface area (Å²) in [5.74, 6) is 3.93. The molecule has 20 heavy (non-hydrogen) atoms. The number of carboxylic acid groups (broad SMARTS) is 1. The smallest absolute Gasteiger partial charge is 0.322 e. The summed E-state index contributed by atoms with van der Waals surface area (Å²) in [5, 5.41) is 13.6. The van der Waals surface area contributed by atoms with Gasteiger partial charge in [-0.05, 0) is 25.2 Å². The largest absolute Gasteiger partial charge is 0.481 e. The number of hydrogen-bond donors (Lipinski definition) is 3. The van der Waals surface area contributed by atoms with Crippen LogP contribution in [0.2, 0.25) is 0 Å². The molecule has 0 aliphatic heterocycles. The molecule has 0 unspecified atom stereocenters. The van der Waals surface area contributed by atoms with Crippen LogP contribution in [0.5, 0.6) is 0 Å². The average Bonchev–Trinajstić information content (AvgIpc) is 2.76. The molecule has 6 heteroatoms. The fraction of sp³-hybridized carbons (Fsp3) is 0.643. The number of rotatable bonds is 5. The predicted octanol–water partition coefficient (Wildman–Crippen LogP) is 1.26. The Morgan fingerprint density at radius 2 is 1.85 bits per heavy atom. The van der Waals surface area contributed by atoms with Gasteiger partial charge in [0.05, 0.1) is 13.0 Å². The van der Waals surface area contributed by atoms with Crippen molar-refractivity contribution in [2.45, 2.75) is 45.4 Å². The SMILES string of the molecule is CC#CCNC(=O)NC(=O)CC1(CC(=O)O)CCCC1. The quantitative estimate of drug-likeness (QED) is 0.661. The Labute approximate surface area is 118 Å². The summed E-state index contributed by atoms with van der Waals surface area (Å²) in [6, 6.07) is -0.596. The molecule has 0 aromatic heterocycles. The van der Waals surface area contributed by atoms with Crippen LogP contribution >= 0.6 is 0 Å². The van der Waals surface area contributed by atoms with Crippen molar-refractivity contribution in [1.82, 2.24) is 10.6 Å². The topological polar surface area (TPSA) is 95.5 Å². The maximum absolute atomic E-state index is 11.8. The van der Waals surface area contributed by atoms with Crippen molar-refractivity contribution >= 4 is 17.9 Å². The van der Waals surface area contributed by atoms with Crippen LogP contribution in [0.25, 0.3) is 0 Å². The van der Waals surface area contributed by atoms with E-state index in [9.17, 15) is 14.4 Å². The van der Waals surface area contributed by atoms with Gasteiger partial charge < -0.3 is 10.4 Å². The van der Waals surface area contributed by atoms with Gasteiger partial charge in [0, 0.05) is 6.42 Å². The molecule has 3 amide bonds. The van der Waals surface area contributed by atoms with E-state index in [1.54, 1.807) is 6.92 Å². The van der Waals surface area contributed by atoms with E-state index in [1.807, 2.05) is 0 Å². The van der Waals surface area contributed by atoms with Gasteiger partial charge in [-0.2, -0.15) is 0 Å². The van der Waals surface area contributed by atoms with E-state index in [0.29, 0.717) is 0 Å². The number of carboxylic acids is 1. The normalized spacial score (nSPS) is 15.8.